The van der Waals surface area contributed by atoms with Crippen molar-refractivity contribution in [2.24, 2.45) is 0 Å². The summed E-state index contributed by atoms with van der Waals surface area (Å²) in [6.45, 7) is 3.13. The van der Waals surface area contributed by atoms with Crippen LogP contribution in [0, 0.1) is 0 Å². The molecule has 2 atom stereocenters. The Morgan fingerprint density at radius 1 is 1.60 bits per heavy atom. The van der Waals surface area contributed by atoms with E-state index in [2.05, 4.69) is 27.4 Å². The molecule has 1 aromatic heterocycles. The van der Waals surface area contributed by atoms with Gasteiger partial charge < -0.3 is 9.84 Å². The summed E-state index contributed by atoms with van der Waals surface area (Å²) in [5, 5.41) is 7.14. The van der Waals surface area contributed by atoms with Crippen LogP contribution in [-0.4, -0.2) is 35.7 Å². The first-order valence-corrected chi connectivity index (χ1v) is 5.43. The lowest BCUT2D eigenvalue weighted by molar-refractivity contribution is 0.289. The highest BCUT2D eigenvalue weighted by molar-refractivity contribution is 4.99. The van der Waals surface area contributed by atoms with Crippen LogP contribution >= 0.6 is 0 Å². The van der Waals surface area contributed by atoms with Crippen LogP contribution in [0.2, 0.25) is 0 Å². The maximum absolute atomic E-state index is 5.23. The summed E-state index contributed by atoms with van der Waals surface area (Å²) in [6, 6.07) is 0.463. The summed E-state index contributed by atoms with van der Waals surface area (Å²) in [6.07, 6.45) is 2.34. The van der Waals surface area contributed by atoms with Crippen molar-refractivity contribution in [3.05, 3.63) is 11.7 Å². The largest absolute Gasteiger partial charge is 0.338 e. The van der Waals surface area contributed by atoms with Gasteiger partial charge in [0, 0.05) is 0 Å². The highest BCUT2D eigenvalue weighted by Gasteiger charge is 2.27. The minimum atomic E-state index is 0.123. The molecule has 1 fully saturated rings. The molecule has 0 aliphatic carbocycles. The van der Waals surface area contributed by atoms with Crippen LogP contribution in [0.3, 0.4) is 0 Å². The molecule has 1 aromatic rings. The molecule has 1 aliphatic rings. The zero-order chi connectivity index (χ0) is 10.8. The average Bonchev–Trinajstić information content (AvgIpc) is 2.84. The Morgan fingerprint density at radius 2 is 2.40 bits per heavy atom. The zero-order valence-electron chi connectivity index (χ0n) is 9.53. The lowest BCUT2D eigenvalue weighted by Crippen LogP contribution is -2.19. The van der Waals surface area contributed by atoms with Gasteiger partial charge in [0.05, 0.1) is 12.1 Å². The molecule has 1 aliphatic heterocycles. The van der Waals surface area contributed by atoms with Crippen LogP contribution in [-0.2, 0) is 0 Å². The summed E-state index contributed by atoms with van der Waals surface area (Å²) >= 11 is 0. The van der Waals surface area contributed by atoms with Crippen molar-refractivity contribution in [1.82, 2.24) is 20.4 Å². The second kappa shape index (κ2) is 4.28. The van der Waals surface area contributed by atoms with Crippen LogP contribution in [0.5, 0.6) is 0 Å². The molecule has 0 spiro atoms. The molecule has 1 saturated heterocycles. The van der Waals surface area contributed by atoms with E-state index in [1.54, 1.807) is 0 Å². The van der Waals surface area contributed by atoms with Crippen molar-refractivity contribution < 1.29 is 4.52 Å². The van der Waals surface area contributed by atoms with Crippen molar-refractivity contribution in [2.75, 3.05) is 20.6 Å². The quantitative estimate of drug-likeness (QED) is 0.810. The lowest BCUT2D eigenvalue weighted by atomic mass is 10.2. The molecule has 84 valence electrons. The third-order valence-electron chi connectivity index (χ3n) is 3.08. The Labute approximate surface area is 89.8 Å². The number of likely N-dealkylation sites (tertiary alicyclic amines) is 1. The van der Waals surface area contributed by atoms with Crippen molar-refractivity contribution in [3.63, 3.8) is 0 Å². The fraction of sp³-hybridized carbons (Fsp3) is 0.800. The molecule has 2 heterocycles. The van der Waals surface area contributed by atoms with Gasteiger partial charge in [-0.1, -0.05) is 5.16 Å². The number of hydrogen-bond donors (Lipinski definition) is 1. The number of hydrogen-bond acceptors (Lipinski definition) is 5. The monoisotopic (exact) mass is 210 g/mol. The molecule has 5 nitrogen and oxygen atoms in total. The van der Waals surface area contributed by atoms with Gasteiger partial charge in [0.15, 0.2) is 5.82 Å². The summed E-state index contributed by atoms with van der Waals surface area (Å²) < 4.78 is 5.23. The first-order chi connectivity index (χ1) is 7.22. The fourth-order valence-corrected chi connectivity index (χ4v) is 1.92. The maximum atomic E-state index is 5.23. The van der Waals surface area contributed by atoms with Gasteiger partial charge in [-0.25, -0.2) is 0 Å². The number of aromatic nitrogens is 2. The number of rotatable bonds is 3. The van der Waals surface area contributed by atoms with Crippen molar-refractivity contribution in [2.45, 2.75) is 31.8 Å². The SMILES string of the molecule is CNC(C)c1nc(C2CCCN2C)no1. The van der Waals surface area contributed by atoms with Gasteiger partial charge >= 0.3 is 0 Å². The number of nitrogens with one attached hydrogen (secondary N) is 1. The topological polar surface area (TPSA) is 54.2 Å². The molecule has 5 heteroatoms. The molecule has 2 unspecified atom stereocenters. The molecular weight excluding hydrogens is 192 g/mol. The molecule has 2 rings (SSSR count). The van der Waals surface area contributed by atoms with Gasteiger partial charge in [0.2, 0.25) is 5.89 Å². The van der Waals surface area contributed by atoms with Gasteiger partial charge in [-0.05, 0) is 40.4 Å². The van der Waals surface area contributed by atoms with E-state index in [9.17, 15) is 0 Å². The standard InChI is InChI=1S/C10H18N4O/c1-7(11-2)10-12-9(13-15-10)8-5-4-6-14(8)3/h7-8,11H,4-6H2,1-3H3. The summed E-state index contributed by atoms with van der Waals surface area (Å²) in [7, 11) is 3.99. The van der Waals surface area contributed by atoms with Gasteiger partial charge in [-0.2, -0.15) is 4.98 Å². The van der Waals surface area contributed by atoms with Crippen molar-refractivity contribution >= 4 is 0 Å². The predicted molar refractivity (Wildman–Crippen MR) is 56.4 cm³/mol. The molecule has 0 amide bonds. The third-order valence-corrected chi connectivity index (χ3v) is 3.08. The molecule has 0 radical (unpaired) electrons. The lowest BCUT2D eigenvalue weighted by Gasteiger charge is -2.14. The zero-order valence-corrected chi connectivity index (χ0v) is 9.53. The van der Waals surface area contributed by atoms with E-state index in [1.807, 2.05) is 14.0 Å². The minimum Gasteiger partial charge on any atom is -0.338 e. The second-order valence-corrected chi connectivity index (χ2v) is 4.14. The number of nitrogens with zero attached hydrogens (tertiary/aromatic N) is 3. The molecule has 15 heavy (non-hydrogen) atoms. The minimum absolute atomic E-state index is 0.123. The van der Waals surface area contributed by atoms with Gasteiger partial charge in [0.1, 0.15) is 0 Å². The summed E-state index contributed by atoms with van der Waals surface area (Å²) in [4.78, 5) is 6.71. The highest BCUT2D eigenvalue weighted by atomic mass is 16.5. The van der Waals surface area contributed by atoms with E-state index < -0.39 is 0 Å². The van der Waals surface area contributed by atoms with Crippen molar-refractivity contribution in [1.29, 1.82) is 0 Å². The fourth-order valence-electron chi connectivity index (χ4n) is 1.92. The van der Waals surface area contributed by atoms with Gasteiger partial charge in [0.25, 0.3) is 0 Å². The Hall–Kier alpha value is -0.940. The van der Waals surface area contributed by atoms with Crippen LogP contribution in [0.25, 0.3) is 0 Å². The van der Waals surface area contributed by atoms with Gasteiger partial charge in [-0.15, -0.1) is 0 Å². The Balaban J connectivity index is 2.12. The van der Waals surface area contributed by atoms with E-state index in [1.165, 1.54) is 6.42 Å². The molecular formula is C10H18N4O. The van der Waals surface area contributed by atoms with Crippen LogP contribution in [0.4, 0.5) is 0 Å². The normalized spacial score (nSPS) is 24.6. The van der Waals surface area contributed by atoms with Crippen molar-refractivity contribution in [3.8, 4) is 0 Å². The maximum Gasteiger partial charge on any atom is 0.243 e. The summed E-state index contributed by atoms with van der Waals surface area (Å²) in [5.74, 6) is 1.50. The van der Waals surface area contributed by atoms with E-state index in [0.29, 0.717) is 11.9 Å². The molecule has 0 saturated carbocycles. The smallest absolute Gasteiger partial charge is 0.243 e. The molecule has 0 aromatic carbocycles. The van der Waals surface area contributed by atoms with E-state index >= 15 is 0 Å². The predicted octanol–water partition coefficient (Wildman–Crippen LogP) is 1.12. The van der Waals surface area contributed by atoms with Crippen LogP contribution in [0.1, 0.15) is 43.6 Å². The average molecular weight is 210 g/mol. The molecule has 1 N–H and O–H groups in total. The Bertz CT molecular complexity index is 325. The van der Waals surface area contributed by atoms with E-state index in [4.69, 9.17) is 4.52 Å². The Morgan fingerprint density at radius 3 is 3.00 bits per heavy atom. The van der Waals surface area contributed by atoms with E-state index in [-0.39, 0.29) is 6.04 Å². The summed E-state index contributed by atoms with van der Waals surface area (Å²) in [5.41, 5.74) is 0. The Kier molecular flexibility index (Phi) is 3.02. The highest BCUT2D eigenvalue weighted by Crippen LogP contribution is 2.28. The first-order valence-electron chi connectivity index (χ1n) is 5.43. The van der Waals surface area contributed by atoms with Gasteiger partial charge in [-0.3, -0.25) is 4.90 Å². The third kappa shape index (κ3) is 2.03. The first kappa shape index (κ1) is 10.6. The second-order valence-electron chi connectivity index (χ2n) is 4.14. The van der Waals surface area contributed by atoms with E-state index in [0.717, 1.165) is 18.8 Å². The molecule has 0 bridgehead atoms. The van der Waals surface area contributed by atoms with Crippen LogP contribution < -0.4 is 5.32 Å². The van der Waals surface area contributed by atoms with Crippen LogP contribution in [0.15, 0.2) is 4.52 Å².